The van der Waals surface area contributed by atoms with Gasteiger partial charge in [-0.25, -0.2) is 0 Å². The van der Waals surface area contributed by atoms with Crippen LogP contribution in [0.2, 0.25) is 0 Å². The van der Waals surface area contributed by atoms with E-state index in [2.05, 4.69) is 26.9 Å². The Labute approximate surface area is 118 Å². The minimum absolute atomic E-state index is 0.186. The Hall–Kier alpha value is -1.79. The van der Waals surface area contributed by atoms with E-state index < -0.39 is 0 Å². The van der Waals surface area contributed by atoms with Crippen molar-refractivity contribution in [2.75, 3.05) is 20.8 Å². The predicted molar refractivity (Wildman–Crippen MR) is 74.0 cm³/mol. The minimum atomic E-state index is 0.186. The molecule has 0 N–H and O–H groups in total. The number of methoxy groups -OCH3 is 1. The molecule has 0 aliphatic heterocycles. The van der Waals surface area contributed by atoms with Gasteiger partial charge in [-0.05, 0) is 26.1 Å². The van der Waals surface area contributed by atoms with Gasteiger partial charge < -0.3 is 9.26 Å². The summed E-state index contributed by atoms with van der Waals surface area (Å²) in [6.07, 6.45) is 2.47. The van der Waals surface area contributed by atoms with Crippen LogP contribution >= 0.6 is 0 Å². The standard InChI is InChI=1S/C14H20N4O2/c1-11(12-6-4-5-8-15-12)18(2)10-14-16-13(17-20-14)7-9-19-3/h4-6,8,11H,7,9-10H2,1-3H3. The SMILES string of the molecule is COCCc1noc(CN(C)C(C)c2ccccn2)n1. The molecule has 108 valence electrons. The van der Waals surface area contributed by atoms with Crippen molar-refractivity contribution in [3.63, 3.8) is 0 Å². The first-order valence-electron chi connectivity index (χ1n) is 6.62. The quantitative estimate of drug-likeness (QED) is 0.769. The maximum Gasteiger partial charge on any atom is 0.240 e. The van der Waals surface area contributed by atoms with Crippen molar-refractivity contribution in [1.82, 2.24) is 20.0 Å². The first-order valence-corrected chi connectivity index (χ1v) is 6.62. The Morgan fingerprint density at radius 2 is 2.25 bits per heavy atom. The average Bonchev–Trinajstić information content (AvgIpc) is 2.92. The summed E-state index contributed by atoms with van der Waals surface area (Å²) in [4.78, 5) is 10.8. The Balaban J connectivity index is 1.93. The van der Waals surface area contributed by atoms with Crippen molar-refractivity contribution in [1.29, 1.82) is 0 Å². The number of pyridine rings is 1. The van der Waals surface area contributed by atoms with Gasteiger partial charge in [0.25, 0.3) is 0 Å². The molecule has 1 unspecified atom stereocenters. The topological polar surface area (TPSA) is 64.3 Å². The van der Waals surface area contributed by atoms with Gasteiger partial charge in [0, 0.05) is 25.8 Å². The van der Waals surface area contributed by atoms with E-state index in [1.165, 1.54) is 0 Å². The van der Waals surface area contributed by atoms with Crippen LogP contribution in [0.15, 0.2) is 28.9 Å². The van der Waals surface area contributed by atoms with E-state index in [1.807, 2.05) is 25.2 Å². The van der Waals surface area contributed by atoms with Crippen LogP contribution in [0.1, 0.15) is 30.4 Å². The fraction of sp³-hybridized carbons (Fsp3) is 0.500. The summed E-state index contributed by atoms with van der Waals surface area (Å²) in [6.45, 7) is 3.29. The second-order valence-corrected chi connectivity index (χ2v) is 4.69. The number of aromatic nitrogens is 3. The first-order chi connectivity index (χ1) is 9.70. The van der Waals surface area contributed by atoms with Gasteiger partial charge in [0.2, 0.25) is 5.89 Å². The van der Waals surface area contributed by atoms with Gasteiger partial charge in [0.05, 0.1) is 18.8 Å². The van der Waals surface area contributed by atoms with Crippen LogP contribution in [0.3, 0.4) is 0 Å². The highest BCUT2D eigenvalue weighted by atomic mass is 16.5. The number of hydrogen-bond acceptors (Lipinski definition) is 6. The van der Waals surface area contributed by atoms with Crippen LogP contribution in [0.4, 0.5) is 0 Å². The number of rotatable bonds is 7. The molecule has 0 aliphatic rings. The summed E-state index contributed by atoms with van der Waals surface area (Å²) in [5.41, 5.74) is 1.02. The van der Waals surface area contributed by atoms with Crippen LogP contribution in [-0.2, 0) is 17.7 Å². The van der Waals surface area contributed by atoms with Crippen molar-refractivity contribution < 1.29 is 9.26 Å². The number of hydrogen-bond donors (Lipinski definition) is 0. The molecule has 0 aliphatic carbocycles. The monoisotopic (exact) mass is 276 g/mol. The molecule has 6 nitrogen and oxygen atoms in total. The van der Waals surface area contributed by atoms with Crippen molar-refractivity contribution in [2.24, 2.45) is 0 Å². The van der Waals surface area contributed by atoms with Crippen LogP contribution < -0.4 is 0 Å². The summed E-state index contributed by atoms with van der Waals surface area (Å²) >= 11 is 0. The molecule has 2 aromatic heterocycles. The second-order valence-electron chi connectivity index (χ2n) is 4.69. The van der Waals surface area contributed by atoms with Crippen LogP contribution in [0, 0.1) is 0 Å². The van der Waals surface area contributed by atoms with E-state index in [9.17, 15) is 0 Å². The Kier molecular flexibility index (Phi) is 5.20. The van der Waals surface area contributed by atoms with Gasteiger partial charge >= 0.3 is 0 Å². The fourth-order valence-corrected chi connectivity index (χ4v) is 1.85. The molecule has 2 aromatic rings. The third-order valence-corrected chi connectivity index (χ3v) is 3.20. The van der Waals surface area contributed by atoms with E-state index >= 15 is 0 Å². The summed E-state index contributed by atoms with van der Waals surface area (Å²) in [6, 6.07) is 6.10. The molecule has 0 bridgehead atoms. The van der Waals surface area contributed by atoms with Crippen molar-refractivity contribution in [3.8, 4) is 0 Å². The zero-order valence-corrected chi connectivity index (χ0v) is 12.1. The van der Waals surface area contributed by atoms with Gasteiger partial charge in [-0.15, -0.1) is 0 Å². The maximum absolute atomic E-state index is 5.24. The Bertz CT molecular complexity index is 515. The summed E-state index contributed by atoms with van der Waals surface area (Å²) < 4.78 is 10.2. The summed E-state index contributed by atoms with van der Waals surface area (Å²) in [5.74, 6) is 1.29. The Morgan fingerprint density at radius 1 is 1.40 bits per heavy atom. The molecule has 0 saturated carbocycles. The lowest BCUT2D eigenvalue weighted by atomic mass is 10.2. The molecular weight excluding hydrogens is 256 g/mol. The lowest BCUT2D eigenvalue weighted by Gasteiger charge is -2.22. The van der Waals surface area contributed by atoms with Crippen molar-refractivity contribution in [2.45, 2.75) is 25.9 Å². The maximum atomic E-state index is 5.24. The van der Waals surface area contributed by atoms with Crippen LogP contribution in [0.25, 0.3) is 0 Å². The van der Waals surface area contributed by atoms with E-state index in [1.54, 1.807) is 13.3 Å². The smallest absolute Gasteiger partial charge is 0.240 e. The second kappa shape index (κ2) is 7.12. The third-order valence-electron chi connectivity index (χ3n) is 3.20. The summed E-state index contributed by atoms with van der Waals surface area (Å²) in [5, 5.41) is 3.93. The predicted octanol–water partition coefficient (Wildman–Crippen LogP) is 1.85. The van der Waals surface area contributed by atoms with Crippen LogP contribution in [-0.4, -0.2) is 40.8 Å². The lowest BCUT2D eigenvalue weighted by molar-refractivity contribution is 0.199. The number of nitrogens with zero attached hydrogens (tertiary/aromatic N) is 4. The van der Waals surface area contributed by atoms with E-state index in [0.29, 0.717) is 31.3 Å². The van der Waals surface area contributed by atoms with Gasteiger partial charge in [-0.2, -0.15) is 4.98 Å². The normalized spacial score (nSPS) is 12.8. The van der Waals surface area contributed by atoms with Crippen LogP contribution in [0.5, 0.6) is 0 Å². The van der Waals surface area contributed by atoms with Gasteiger partial charge in [0.15, 0.2) is 5.82 Å². The molecule has 0 aromatic carbocycles. The highest BCUT2D eigenvalue weighted by Gasteiger charge is 2.16. The molecule has 0 spiro atoms. The summed E-state index contributed by atoms with van der Waals surface area (Å²) in [7, 11) is 3.67. The lowest BCUT2D eigenvalue weighted by Crippen LogP contribution is -2.22. The highest BCUT2D eigenvalue weighted by molar-refractivity contribution is 5.07. The molecule has 20 heavy (non-hydrogen) atoms. The average molecular weight is 276 g/mol. The minimum Gasteiger partial charge on any atom is -0.384 e. The number of ether oxygens (including phenoxy) is 1. The highest BCUT2D eigenvalue weighted by Crippen LogP contribution is 2.17. The molecular formula is C14H20N4O2. The zero-order valence-electron chi connectivity index (χ0n) is 12.1. The zero-order chi connectivity index (χ0) is 14.4. The fourth-order valence-electron chi connectivity index (χ4n) is 1.85. The van der Waals surface area contributed by atoms with Crippen molar-refractivity contribution in [3.05, 3.63) is 41.8 Å². The molecule has 2 heterocycles. The molecule has 0 saturated heterocycles. The molecule has 0 radical (unpaired) electrons. The van der Waals surface area contributed by atoms with Gasteiger partial charge in [-0.3, -0.25) is 9.88 Å². The largest absolute Gasteiger partial charge is 0.384 e. The van der Waals surface area contributed by atoms with Gasteiger partial charge in [0.1, 0.15) is 0 Å². The molecule has 2 rings (SSSR count). The van der Waals surface area contributed by atoms with E-state index in [-0.39, 0.29) is 6.04 Å². The molecule has 0 fully saturated rings. The molecule has 1 atom stereocenters. The van der Waals surface area contributed by atoms with E-state index in [4.69, 9.17) is 9.26 Å². The Morgan fingerprint density at radius 3 is 2.95 bits per heavy atom. The third kappa shape index (κ3) is 3.85. The van der Waals surface area contributed by atoms with Crippen molar-refractivity contribution >= 4 is 0 Å². The molecule has 6 heteroatoms. The van der Waals surface area contributed by atoms with E-state index in [0.717, 1.165) is 5.69 Å². The first kappa shape index (κ1) is 14.6. The molecule has 0 amide bonds. The van der Waals surface area contributed by atoms with Gasteiger partial charge in [-0.1, -0.05) is 11.2 Å².